The number of phosphoric acid groups is 2. The predicted molar refractivity (Wildman–Crippen MR) is 363 cm³/mol. The third-order valence-electron chi connectivity index (χ3n) is 17.0. The normalized spacial score (nSPS) is 14.9. The lowest BCUT2D eigenvalue weighted by atomic mass is 9.99. The van der Waals surface area contributed by atoms with Gasteiger partial charge in [-0.3, -0.25) is 37.3 Å². The van der Waals surface area contributed by atoms with Gasteiger partial charge in [0.2, 0.25) is 0 Å². The van der Waals surface area contributed by atoms with E-state index in [0.717, 1.165) is 120 Å². The van der Waals surface area contributed by atoms with Crippen molar-refractivity contribution in [3.8, 4) is 0 Å². The van der Waals surface area contributed by atoms with Gasteiger partial charge in [-0.25, -0.2) is 9.13 Å². The van der Waals surface area contributed by atoms with Gasteiger partial charge in [0.05, 0.1) is 26.4 Å². The second-order valence-corrected chi connectivity index (χ2v) is 30.0. The summed E-state index contributed by atoms with van der Waals surface area (Å²) in [7, 11) is -9.91. The van der Waals surface area contributed by atoms with Crippen molar-refractivity contribution >= 4 is 39.5 Å². The number of rotatable bonds is 68. The van der Waals surface area contributed by atoms with Crippen LogP contribution in [0.5, 0.6) is 0 Å². The Morgan fingerprint density at radius 3 is 0.789 bits per heavy atom. The SMILES string of the molecule is CCC(C)CCCCCCCCCCCCC(=O)O[C@H](COC(=O)CCCCCCCCC(C)CC)COP(=O)(O)OC[C@H](O)COP(=O)(O)OC[C@@H](COC(=O)CCCCCCCCCCCCCC(C)C)OC(=O)CCCCCCCCCCCC(C)C. The minimum atomic E-state index is -4.95. The highest BCUT2D eigenvalue weighted by molar-refractivity contribution is 7.47. The smallest absolute Gasteiger partial charge is 0.462 e. The van der Waals surface area contributed by atoms with Crippen LogP contribution in [0.3, 0.4) is 0 Å². The van der Waals surface area contributed by atoms with Crippen LogP contribution in [-0.4, -0.2) is 96.7 Å². The van der Waals surface area contributed by atoms with E-state index in [2.05, 4.69) is 55.4 Å². The third-order valence-corrected chi connectivity index (χ3v) is 18.9. The van der Waals surface area contributed by atoms with E-state index >= 15 is 0 Å². The van der Waals surface area contributed by atoms with Gasteiger partial charge in [0.1, 0.15) is 19.3 Å². The van der Waals surface area contributed by atoms with E-state index in [4.69, 9.17) is 37.0 Å². The molecule has 0 amide bonds. The molecule has 0 saturated carbocycles. The molecule has 0 aromatic rings. The maximum atomic E-state index is 13.0. The fourth-order valence-electron chi connectivity index (χ4n) is 10.6. The second-order valence-electron chi connectivity index (χ2n) is 27.1. The number of carbonyl (C=O) groups excluding carboxylic acids is 4. The molecular formula is C71H138O17P2. The summed E-state index contributed by atoms with van der Waals surface area (Å²) in [6.45, 7) is 14.1. The number of ether oxygens (including phenoxy) is 4. The average molecular weight is 1330 g/mol. The van der Waals surface area contributed by atoms with Crippen LogP contribution in [0.4, 0.5) is 0 Å². The van der Waals surface area contributed by atoms with Gasteiger partial charge in [0, 0.05) is 25.7 Å². The van der Waals surface area contributed by atoms with E-state index in [1.165, 1.54) is 148 Å². The number of aliphatic hydroxyl groups is 1. The topological polar surface area (TPSA) is 237 Å². The van der Waals surface area contributed by atoms with E-state index in [1.54, 1.807) is 0 Å². The van der Waals surface area contributed by atoms with Crippen LogP contribution in [0.25, 0.3) is 0 Å². The van der Waals surface area contributed by atoms with Crippen LogP contribution in [0.15, 0.2) is 0 Å². The first-order valence-corrected chi connectivity index (χ1v) is 39.8. The lowest BCUT2D eigenvalue weighted by Crippen LogP contribution is -2.30. The number of phosphoric ester groups is 2. The number of esters is 4. The highest BCUT2D eigenvalue weighted by Gasteiger charge is 2.30. The largest absolute Gasteiger partial charge is 0.472 e. The Labute approximate surface area is 549 Å². The average Bonchev–Trinajstić information content (AvgIpc) is 3.58. The van der Waals surface area contributed by atoms with Crippen molar-refractivity contribution < 1.29 is 80.2 Å². The van der Waals surface area contributed by atoms with Gasteiger partial charge in [0.15, 0.2) is 12.2 Å². The van der Waals surface area contributed by atoms with Crippen LogP contribution in [0, 0.1) is 23.7 Å². The zero-order valence-corrected chi connectivity index (χ0v) is 60.6. The molecule has 3 N–H and O–H groups in total. The van der Waals surface area contributed by atoms with Crippen molar-refractivity contribution in [2.75, 3.05) is 39.6 Å². The molecule has 0 aromatic heterocycles. The summed E-state index contributed by atoms with van der Waals surface area (Å²) in [5.41, 5.74) is 0. The molecule has 19 heteroatoms. The Balaban J connectivity index is 5.27. The maximum Gasteiger partial charge on any atom is 0.472 e. The molecule has 0 fully saturated rings. The van der Waals surface area contributed by atoms with Gasteiger partial charge in [-0.2, -0.15) is 0 Å². The van der Waals surface area contributed by atoms with Crippen LogP contribution < -0.4 is 0 Å². The highest BCUT2D eigenvalue weighted by Crippen LogP contribution is 2.45. The Hall–Kier alpha value is -1.94. The fraction of sp³-hybridized carbons (Fsp3) is 0.944. The van der Waals surface area contributed by atoms with E-state index in [1.807, 2.05) is 0 Å². The van der Waals surface area contributed by atoms with Crippen LogP contribution >= 0.6 is 15.6 Å². The van der Waals surface area contributed by atoms with Crippen molar-refractivity contribution in [2.24, 2.45) is 23.7 Å². The summed E-state index contributed by atoms with van der Waals surface area (Å²) in [6.07, 6.45) is 43.0. The number of aliphatic hydroxyl groups excluding tert-OH is 1. The zero-order valence-electron chi connectivity index (χ0n) is 58.8. The Kier molecular flexibility index (Phi) is 59.4. The first-order valence-electron chi connectivity index (χ1n) is 36.8. The van der Waals surface area contributed by atoms with Gasteiger partial charge in [0.25, 0.3) is 0 Å². The molecule has 90 heavy (non-hydrogen) atoms. The van der Waals surface area contributed by atoms with Crippen LogP contribution in [-0.2, 0) is 65.4 Å². The zero-order chi connectivity index (χ0) is 66.8. The summed E-state index contributed by atoms with van der Waals surface area (Å²) >= 11 is 0. The highest BCUT2D eigenvalue weighted by atomic mass is 31.2. The summed E-state index contributed by atoms with van der Waals surface area (Å²) < 4.78 is 68.3. The molecule has 0 spiro atoms. The summed E-state index contributed by atoms with van der Waals surface area (Å²) in [5.74, 6) is 0.912. The molecule has 0 radical (unpaired) electrons. The molecule has 0 aliphatic carbocycles. The molecule has 0 aliphatic heterocycles. The van der Waals surface area contributed by atoms with Gasteiger partial charge in [-0.05, 0) is 49.4 Å². The Morgan fingerprint density at radius 1 is 0.311 bits per heavy atom. The van der Waals surface area contributed by atoms with Gasteiger partial charge in [-0.1, -0.05) is 299 Å². The Morgan fingerprint density at radius 2 is 0.533 bits per heavy atom. The summed E-state index contributed by atoms with van der Waals surface area (Å²) in [4.78, 5) is 72.6. The summed E-state index contributed by atoms with van der Waals surface area (Å²) in [5, 5.41) is 10.6. The van der Waals surface area contributed by atoms with Crippen molar-refractivity contribution in [1.82, 2.24) is 0 Å². The monoisotopic (exact) mass is 1320 g/mol. The third kappa shape index (κ3) is 62.2. The van der Waals surface area contributed by atoms with Crippen molar-refractivity contribution in [2.45, 2.75) is 369 Å². The number of unbranched alkanes of at least 4 members (excludes halogenated alkanes) is 32. The number of hydrogen-bond donors (Lipinski definition) is 3. The molecular weight excluding hydrogens is 1190 g/mol. The first-order chi connectivity index (χ1) is 43.2. The number of hydrogen-bond acceptors (Lipinski definition) is 15. The quantitative estimate of drug-likeness (QED) is 0.0222. The first kappa shape index (κ1) is 88.1. The minimum absolute atomic E-state index is 0.105. The molecule has 0 heterocycles. The predicted octanol–water partition coefficient (Wildman–Crippen LogP) is 20.1. The molecule has 0 aliphatic rings. The van der Waals surface area contributed by atoms with Gasteiger partial charge in [-0.15, -0.1) is 0 Å². The van der Waals surface area contributed by atoms with Crippen LogP contribution in [0.2, 0.25) is 0 Å². The van der Waals surface area contributed by atoms with Gasteiger partial charge >= 0.3 is 39.5 Å². The molecule has 17 nitrogen and oxygen atoms in total. The van der Waals surface area contributed by atoms with E-state index < -0.39 is 97.5 Å². The molecule has 534 valence electrons. The van der Waals surface area contributed by atoms with Gasteiger partial charge < -0.3 is 33.8 Å². The lowest BCUT2D eigenvalue weighted by molar-refractivity contribution is -0.161. The van der Waals surface area contributed by atoms with Crippen molar-refractivity contribution in [3.05, 3.63) is 0 Å². The van der Waals surface area contributed by atoms with E-state index in [9.17, 15) is 43.2 Å². The molecule has 7 atom stereocenters. The van der Waals surface area contributed by atoms with Crippen molar-refractivity contribution in [3.63, 3.8) is 0 Å². The molecule has 0 aromatic carbocycles. The number of carbonyl (C=O) groups is 4. The maximum absolute atomic E-state index is 13.0. The van der Waals surface area contributed by atoms with Crippen molar-refractivity contribution in [1.29, 1.82) is 0 Å². The molecule has 0 bridgehead atoms. The Bertz CT molecular complexity index is 1790. The van der Waals surface area contributed by atoms with E-state index in [0.29, 0.717) is 25.7 Å². The fourth-order valence-corrected chi connectivity index (χ4v) is 12.2. The van der Waals surface area contributed by atoms with E-state index in [-0.39, 0.29) is 25.7 Å². The lowest BCUT2D eigenvalue weighted by Gasteiger charge is -2.21. The molecule has 4 unspecified atom stereocenters. The molecule has 0 rings (SSSR count). The minimum Gasteiger partial charge on any atom is -0.462 e. The molecule has 0 saturated heterocycles. The summed E-state index contributed by atoms with van der Waals surface area (Å²) in [6, 6.07) is 0. The standard InChI is InChI=1S/C71H138O17P2/c1-9-63(7)49-41-33-25-19-14-15-21-27-37-45-53-70(75)88-67(58-82-69(74)52-44-36-30-29-34-42-50-64(8)10-2)60-86-90(79,80)84-56-65(72)55-83-89(77,78)85-59-66(87-71(76)54-46-38-28-22-16-18-24-32-40-48-62(5)6)57-81-68(73)51-43-35-26-20-13-11-12-17-23-31-39-47-61(3)4/h61-67,72H,9-60H2,1-8H3,(H,77,78)(H,79,80)/t63?,64?,65-,66-,67-/m1/s1. The second kappa shape index (κ2) is 60.7. The van der Waals surface area contributed by atoms with Crippen LogP contribution in [0.1, 0.15) is 351 Å².